The fourth-order valence-electron chi connectivity index (χ4n) is 2.37. The van der Waals surface area contributed by atoms with Crippen LogP contribution in [0.25, 0.3) is 0 Å². The summed E-state index contributed by atoms with van der Waals surface area (Å²) in [4.78, 5) is 0. The normalized spacial score (nSPS) is 26.4. The SMILES string of the molecule is C1CCC(NCC2OCCCCO2)CC1. The molecular weight excluding hydrogens is 190 g/mol. The summed E-state index contributed by atoms with van der Waals surface area (Å²) in [6.07, 6.45) is 9.09. The molecule has 0 unspecified atom stereocenters. The fraction of sp³-hybridized carbons (Fsp3) is 1.00. The van der Waals surface area contributed by atoms with Crippen LogP contribution in [0.15, 0.2) is 0 Å². The van der Waals surface area contributed by atoms with E-state index < -0.39 is 0 Å². The molecular formula is C12H23NO2. The summed E-state index contributed by atoms with van der Waals surface area (Å²) in [6.45, 7) is 2.58. The highest BCUT2D eigenvalue weighted by molar-refractivity contribution is 4.72. The van der Waals surface area contributed by atoms with Crippen LogP contribution in [0.4, 0.5) is 0 Å². The van der Waals surface area contributed by atoms with E-state index in [4.69, 9.17) is 9.47 Å². The number of ether oxygens (including phenoxy) is 2. The zero-order valence-corrected chi connectivity index (χ0v) is 9.54. The molecule has 0 spiro atoms. The maximum absolute atomic E-state index is 5.61. The first-order chi connectivity index (χ1) is 7.45. The van der Waals surface area contributed by atoms with Crippen molar-refractivity contribution in [2.45, 2.75) is 57.3 Å². The number of nitrogens with one attached hydrogen (secondary N) is 1. The molecule has 0 aromatic heterocycles. The Morgan fingerprint density at radius 3 is 2.20 bits per heavy atom. The van der Waals surface area contributed by atoms with Crippen LogP contribution < -0.4 is 5.32 Å². The van der Waals surface area contributed by atoms with Crippen LogP contribution in [-0.2, 0) is 9.47 Å². The molecule has 2 fully saturated rings. The second-order valence-corrected chi connectivity index (χ2v) is 4.62. The first-order valence-electron chi connectivity index (χ1n) is 6.42. The molecule has 0 amide bonds. The minimum atomic E-state index is -0.00516. The Bertz CT molecular complexity index is 161. The third-order valence-electron chi connectivity index (χ3n) is 3.32. The van der Waals surface area contributed by atoms with E-state index in [-0.39, 0.29) is 6.29 Å². The van der Waals surface area contributed by atoms with Gasteiger partial charge >= 0.3 is 0 Å². The van der Waals surface area contributed by atoms with Crippen molar-refractivity contribution in [2.75, 3.05) is 19.8 Å². The molecule has 1 heterocycles. The van der Waals surface area contributed by atoms with Gasteiger partial charge in [0.2, 0.25) is 0 Å². The average Bonchev–Trinajstić information content (AvgIpc) is 2.56. The Morgan fingerprint density at radius 1 is 0.867 bits per heavy atom. The lowest BCUT2D eigenvalue weighted by Gasteiger charge is -2.25. The minimum Gasteiger partial charge on any atom is -0.351 e. The van der Waals surface area contributed by atoms with Crippen molar-refractivity contribution >= 4 is 0 Å². The Labute approximate surface area is 92.5 Å². The highest BCUT2D eigenvalue weighted by Crippen LogP contribution is 2.17. The zero-order valence-electron chi connectivity index (χ0n) is 9.54. The molecule has 15 heavy (non-hydrogen) atoms. The second-order valence-electron chi connectivity index (χ2n) is 4.62. The highest BCUT2D eigenvalue weighted by atomic mass is 16.7. The summed E-state index contributed by atoms with van der Waals surface area (Å²) >= 11 is 0. The standard InChI is InChI=1S/C12H23NO2/c1-2-6-11(7-3-1)13-10-12-14-8-4-5-9-15-12/h11-13H,1-10H2. The van der Waals surface area contributed by atoms with Gasteiger partial charge in [-0.2, -0.15) is 0 Å². The molecule has 0 aromatic carbocycles. The van der Waals surface area contributed by atoms with Crippen LogP contribution in [0.3, 0.4) is 0 Å². The van der Waals surface area contributed by atoms with E-state index in [1.165, 1.54) is 32.1 Å². The first kappa shape index (κ1) is 11.4. The van der Waals surface area contributed by atoms with Crippen molar-refractivity contribution < 1.29 is 9.47 Å². The van der Waals surface area contributed by atoms with Gasteiger partial charge in [-0.05, 0) is 25.7 Å². The van der Waals surface area contributed by atoms with Crippen molar-refractivity contribution in [1.29, 1.82) is 0 Å². The van der Waals surface area contributed by atoms with Gasteiger partial charge in [0.05, 0.1) is 0 Å². The van der Waals surface area contributed by atoms with E-state index in [9.17, 15) is 0 Å². The van der Waals surface area contributed by atoms with Crippen molar-refractivity contribution in [3.8, 4) is 0 Å². The molecule has 0 radical (unpaired) electrons. The highest BCUT2D eigenvalue weighted by Gasteiger charge is 2.17. The van der Waals surface area contributed by atoms with Crippen molar-refractivity contribution in [3.63, 3.8) is 0 Å². The van der Waals surface area contributed by atoms with Crippen LogP contribution in [0.5, 0.6) is 0 Å². The Hall–Kier alpha value is -0.120. The quantitative estimate of drug-likeness (QED) is 0.778. The lowest BCUT2D eigenvalue weighted by Crippen LogP contribution is -2.38. The summed E-state index contributed by atoms with van der Waals surface area (Å²) in [6, 6.07) is 0.703. The third kappa shape index (κ3) is 4.09. The second kappa shape index (κ2) is 6.46. The Morgan fingerprint density at radius 2 is 1.53 bits per heavy atom. The Balaban J connectivity index is 1.62. The first-order valence-corrected chi connectivity index (χ1v) is 6.42. The van der Waals surface area contributed by atoms with E-state index in [1.54, 1.807) is 0 Å². The van der Waals surface area contributed by atoms with E-state index in [2.05, 4.69) is 5.32 Å². The summed E-state index contributed by atoms with van der Waals surface area (Å²) < 4.78 is 11.2. The molecule has 1 saturated carbocycles. The predicted molar refractivity (Wildman–Crippen MR) is 59.8 cm³/mol. The predicted octanol–water partition coefficient (Wildman–Crippen LogP) is 2.06. The molecule has 88 valence electrons. The average molecular weight is 213 g/mol. The number of hydrogen-bond acceptors (Lipinski definition) is 3. The lowest BCUT2D eigenvalue weighted by atomic mass is 9.95. The molecule has 1 aliphatic carbocycles. The maximum atomic E-state index is 5.61. The van der Waals surface area contributed by atoms with Crippen LogP contribution in [0.2, 0.25) is 0 Å². The van der Waals surface area contributed by atoms with Gasteiger partial charge in [0.15, 0.2) is 6.29 Å². The summed E-state index contributed by atoms with van der Waals surface area (Å²) in [5.74, 6) is 0. The van der Waals surface area contributed by atoms with Gasteiger partial charge in [0, 0.05) is 25.8 Å². The fourth-order valence-corrected chi connectivity index (χ4v) is 2.37. The molecule has 3 nitrogen and oxygen atoms in total. The van der Waals surface area contributed by atoms with Gasteiger partial charge in [-0.3, -0.25) is 0 Å². The number of rotatable bonds is 3. The van der Waals surface area contributed by atoms with Gasteiger partial charge < -0.3 is 14.8 Å². The van der Waals surface area contributed by atoms with Crippen LogP contribution in [-0.4, -0.2) is 32.1 Å². The van der Waals surface area contributed by atoms with Crippen LogP contribution in [0.1, 0.15) is 44.9 Å². The topological polar surface area (TPSA) is 30.5 Å². The van der Waals surface area contributed by atoms with E-state index >= 15 is 0 Å². The van der Waals surface area contributed by atoms with Crippen LogP contribution >= 0.6 is 0 Å². The minimum absolute atomic E-state index is 0.00516. The molecule has 2 aliphatic rings. The molecule has 0 bridgehead atoms. The van der Waals surface area contributed by atoms with E-state index in [0.717, 1.165) is 32.6 Å². The molecule has 0 aromatic rings. The lowest BCUT2D eigenvalue weighted by molar-refractivity contribution is -0.124. The monoisotopic (exact) mass is 213 g/mol. The van der Waals surface area contributed by atoms with Gasteiger partial charge in [0.25, 0.3) is 0 Å². The van der Waals surface area contributed by atoms with Gasteiger partial charge in [-0.25, -0.2) is 0 Å². The van der Waals surface area contributed by atoms with Gasteiger partial charge in [-0.15, -0.1) is 0 Å². The van der Waals surface area contributed by atoms with E-state index in [0.29, 0.717) is 6.04 Å². The maximum Gasteiger partial charge on any atom is 0.169 e. The van der Waals surface area contributed by atoms with Crippen LogP contribution in [0, 0.1) is 0 Å². The zero-order chi connectivity index (χ0) is 10.3. The molecule has 1 saturated heterocycles. The smallest absolute Gasteiger partial charge is 0.169 e. The van der Waals surface area contributed by atoms with Crippen molar-refractivity contribution in [3.05, 3.63) is 0 Å². The third-order valence-corrected chi connectivity index (χ3v) is 3.32. The van der Waals surface area contributed by atoms with E-state index in [1.807, 2.05) is 0 Å². The summed E-state index contributed by atoms with van der Waals surface area (Å²) in [7, 11) is 0. The molecule has 1 aliphatic heterocycles. The van der Waals surface area contributed by atoms with Crippen molar-refractivity contribution in [1.82, 2.24) is 5.32 Å². The molecule has 0 atom stereocenters. The molecule has 3 heteroatoms. The molecule has 2 rings (SSSR count). The number of hydrogen-bond donors (Lipinski definition) is 1. The summed E-state index contributed by atoms with van der Waals surface area (Å²) in [5, 5.41) is 3.57. The summed E-state index contributed by atoms with van der Waals surface area (Å²) in [5.41, 5.74) is 0. The largest absolute Gasteiger partial charge is 0.351 e. The van der Waals surface area contributed by atoms with Gasteiger partial charge in [0.1, 0.15) is 0 Å². The van der Waals surface area contributed by atoms with Gasteiger partial charge in [-0.1, -0.05) is 19.3 Å². The Kier molecular flexibility index (Phi) is 4.90. The van der Waals surface area contributed by atoms with Crippen molar-refractivity contribution in [2.24, 2.45) is 0 Å². The molecule has 1 N–H and O–H groups in total.